The molecule has 0 fully saturated rings. The maximum atomic E-state index is 11.3. The SMILES string of the molecule is CC[C@H](N)C(=O)Nc1cccc(O)c1. The van der Waals surface area contributed by atoms with Crippen LogP contribution in [0.2, 0.25) is 0 Å². The van der Waals surface area contributed by atoms with Crippen LogP contribution in [0.15, 0.2) is 24.3 Å². The Morgan fingerprint density at radius 3 is 2.93 bits per heavy atom. The fourth-order valence-corrected chi connectivity index (χ4v) is 1.00. The van der Waals surface area contributed by atoms with Gasteiger partial charge in [0.1, 0.15) is 5.75 Å². The summed E-state index contributed by atoms with van der Waals surface area (Å²) in [5.74, 6) is -0.119. The molecular weight excluding hydrogens is 180 g/mol. The number of anilines is 1. The van der Waals surface area contributed by atoms with Crippen molar-refractivity contribution in [1.82, 2.24) is 0 Å². The van der Waals surface area contributed by atoms with Crippen molar-refractivity contribution < 1.29 is 9.90 Å². The zero-order chi connectivity index (χ0) is 10.6. The second kappa shape index (κ2) is 4.62. The van der Waals surface area contributed by atoms with Crippen LogP contribution in [0, 0.1) is 0 Å². The number of phenolic OH excluding ortho intramolecular Hbond substituents is 1. The summed E-state index contributed by atoms with van der Waals surface area (Å²) in [6.07, 6.45) is 0.588. The van der Waals surface area contributed by atoms with Gasteiger partial charge in [-0.15, -0.1) is 0 Å². The van der Waals surface area contributed by atoms with E-state index < -0.39 is 6.04 Å². The summed E-state index contributed by atoms with van der Waals surface area (Å²) >= 11 is 0. The lowest BCUT2D eigenvalue weighted by molar-refractivity contribution is -0.117. The quantitative estimate of drug-likeness (QED) is 0.673. The van der Waals surface area contributed by atoms with E-state index in [2.05, 4.69) is 5.32 Å². The largest absolute Gasteiger partial charge is 0.508 e. The van der Waals surface area contributed by atoms with Crippen molar-refractivity contribution in [3.63, 3.8) is 0 Å². The van der Waals surface area contributed by atoms with Crippen molar-refractivity contribution in [2.75, 3.05) is 5.32 Å². The highest BCUT2D eigenvalue weighted by molar-refractivity contribution is 5.94. The van der Waals surface area contributed by atoms with Gasteiger partial charge < -0.3 is 16.2 Å². The lowest BCUT2D eigenvalue weighted by Crippen LogP contribution is -2.34. The van der Waals surface area contributed by atoms with E-state index in [1.165, 1.54) is 12.1 Å². The molecule has 1 rings (SSSR count). The Morgan fingerprint density at radius 2 is 2.36 bits per heavy atom. The Morgan fingerprint density at radius 1 is 1.64 bits per heavy atom. The number of hydrogen-bond donors (Lipinski definition) is 3. The van der Waals surface area contributed by atoms with E-state index in [-0.39, 0.29) is 11.7 Å². The minimum Gasteiger partial charge on any atom is -0.508 e. The maximum Gasteiger partial charge on any atom is 0.241 e. The van der Waals surface area contributed by atoms with Gasteiger partial charge in [-0.2, -0.15) is 0 Å². The monoisotopic (exact) mass is 194 g/mol. The Balaban J connectivity index is 2.65. The molecule has 0 aliphatic heterocycles. The Hall–Kier alpha value is -1.55. The molecule has 4 nitrogen and oxygen atoms in total. The molecule has 0 aliphatic carbocycles. The second-order valence-electron chi connectivity index (χ2n) is 3.05. The predicted molar refractivity (Wildman–Crippen MR) is 55.0 cm³/mol. The Kier molecular flexibility index (Phi) is 3.48. The highest BCUT2D eigenvalue weighted by atomic mass is 16.3. The number of carbonyl (C=O) groups excluding carboxylic acids is 1. The molecule has 0 bridgehead atoms. The third-order valence-corrected chi connectivity index (χ3v) is 1.89. The molecule has 14 heavy (non-hydrogen) atoms. The van der Waals surface area contributed by atoms with Crippen LogP contribution in [0.4, 0.5) is 5.69 Å². The zero-order valence-electron chi connectivity index (χ0n) is 8.03. The number of rotatable bonds is 3. The summed E-state index contributed by atoms with van der Waals surface area (Å²) in [5.41, 5.74) is 6.08. The molecule has 0 heterocycles. The van der Waals surface area contributed by atoms with Crippen LogP contribution in [0.3, 0.4) is 0 Å². The number of aromatic hydroxyl groups is 1. The third kappa shape index (κ3) is 2.74. The molecule has 0 aromatic heterocycles. The molecule has 76 valence electrons. The summed E-state index contributed by atoms with van der Waals surface area (Å²) in [4.78, 5) is 11.3. The number of hydrogen-bond acceptors (Lipinski definition) is 3. The van der Waals surface area contributed by atoms with Crippen molar-refractivity contribution >= 4 is 11.6 Å². The van der Waals surface area contributed by atoms with Gasteiger partial charge in [0, 0.05) is 11.8 Å². The van der Waals surface area contributed by atoms with Gasteiger partial charge in [0.25, 0.3) is 0 Å². The standard InChI is InChI=1S/C10H14N2O2/c1-2-9(11)10(14)12-7-4-3-5-8(13)6-7/h3-6,9,13H,2,11H2,1H3,(H,12,14)/t9-/m0/s1. The molecule has 0 spiro atoms. The normalized spacial score (nSPS) is 12.1. The summed E-state index contributed by atoms with van der Waals surface area (Å²) in [6, 6.07) is 5.86. The first-order valence-electron chi connectivity index (χ1n) is 4.49. The van der Waals surface area contributed by atoms with Crippen LogP contribution in [0.1, 0.15) is 13.3 Å². The average molecular weight is 194 g/mol. The van der Waals surface area contributed by atoms with Crippen molar-refractivity contribution in [2.45, 2.75) is 19.4 Å². The van der Waals surface area contributed by atoms with Crippen LogP contribution in [-0.4, -0.2) is 17.1 Å². The molecular formula is C10H14N2O2. The summed E-state index contributed by atoms with van der Waals surface area (Å²) < 4.78 is 0. The van der Waals surface area contributed by atoms with Gasteiger partial charge >= 0.3 is 0 Å². The van der Waals surface area contributed by atoms with E-state index in [0.717, 1.165) is 0 Å². The fraction of sp³-hybridized carbons (Fsp3) is 0.300. The number of nitrogens with two attached hydrogens (primary N) is 1. The fourth-order valence-electron chi connectivity index (χ4n) is 1.00. The van der Waals surface area contributed by atoms with Crippen LogP contribution < -0.4 is 11.1 Å². The summed E-state index contributed by atoms with van der Waals surface area (Å²) in [7, 11) is 0. The molecule has 0 radical (unpaired) electrons. The van der Waals surface area contributed by atoms with Crippen LogP contribution in [-0.2, 0) is 4.79 Å². The van der Waals surface area contributed by atoms with Crippen molar-refractivity contribution in [2.24, 2.45) is 5.73 Å². The Labute approximate surface area is 82.7 Å². The first kappa shape index (κ1) is 10.5. The van der Waals surface area contributed by atoms with Crippen molar-refractivity contribution in [1.29, 1.82) is 0 Å². The number of phenols is 1. The molecule has 1 atom stereocenters. The van der Waals surface area contributed by atoms with Gasteiger partial charge in [-0.1, -0.05) is 13.0 Å². The molecule has 4 heteroatoms. The molecule has 1 aromatic rings. The first-order chi connectivity index (χ1) is 6.63. The van der Waals surface area contributed by atoms with Crippen molar-refractivity contribution in [3.05, 3.63) is 24.3 Å². The van der Waals surface area contributed by atoms with Crippen LogP contribution >= 0.6 is 0 Å². The number of carbonyl (C=O) groups is 1. The number of nitrogens with one attached hydrogen (secondary N) is 1. The minimum atomic E-state index is -0.502. The van der Waals surface area contributed by atoms with Crippen molar-refractivity contribution in [3.8, 4) is 5.75 Å². The van der Waals surface area contributed by atoms with Gasteiger partial charge in [-0.25, -0.2) is 0 Å². The van der Waals surface area contributed by atoms with Gasteiger partial charge in [-0.3, -0.25) is 4.79 Å². The van der Waals surface area contributed by atoms with E-state index in [0.29, 0.717) is 12.1 Å². The average Bonchev–Trinajstić information content (AvgIpc) is 2.16. The lowest BCUT2D eigenvalue weighted by atomic mass is 10.2. The van der Waals surface area contributed by atoms with E-state index in [9.17, 15) is 4.79 Å². The Bertz CT molecular complexity index is 326. The highest BCUT2D eigenvalue weighted by Crippen LogP contribution is 2.15. The van der Waals surface area contributed by atoms with Gasteiger partial charge in [0.05, 0.1) is 6.04 Å². The van der Waals surface area contributed by atoms with Gasteiger partial charge in [0.2, 0.25) is 5.91 Å². The second-order valence-corrected chi connectivity index (χ2v) is 3.05. The molecule has 0 aliphatic rings. The molecule has 0 saturated carbocycles. The summed E-state index contributed by atoms with van der Waals surface area (Å²) in [6.45, 7) is 1.84. The molecule has 1 aromatic carbocycles. The van der Waals surface area contributed by atoms with E-state index in [1.807, 2.05) is 6.92 Å². The predicted octanol–water partition coefficient (Wildman–Crippen LogP) is 1.07. The van der Waals surface area contributed by atoms with E-state index in [1.54, 1.807) is 12.1 Å². The molecule has 0 saturated heterocycles. The summed E-state index contributed by atoms with van der Waals surface area (Å²) in [5, 5.41) is 11.7. The van der Waals surface area contributed by atoms with Crippen LogP contribution in [0.25, 0.3) is 0 Å². The van der Waals surface area contributed by atoms with Gasteiger partial charge in [-0.05, 0) is 18.6 Å². The third-order valence-electron chi connectivity index (χ3n) is 1.89. The van der Waals surface area contributed by atoms with Crippen LogP contribution in [0.5, 0.6) is 5.75 Å². The smallest absolute Gasteiger partial charge is 0.241 e. The minimum absolute atomic E-state index is 0.118. The number of amides is 1. The topological polar surface area (TPSA) is 75.4 Å². The van der Waals surface area contributed by atoms with E-state index >= 15 is 0 Å². The number of benzene rings is 1. The maximum absolute atomic E-state index is 11.3. The van der Waals surface area contributed by atoms with Gasteiger partial charge in [0.15, 0.2) is 0 Å². The molecule has 1 amide bonds. The van der Waals surface area contributed by atoms with E-state index in [4.69, 9.17) is 10.8 Å². The first-order valence-corrected chi connectivity index (χ1v) is 4.49. The lowest BCUT2D eigenvalue weighted by Gasteiger charge is -2.09. The highest BCUT2D eigenvalue weighted by Gasteiger charge is 2.10. The molecule has 4 N–H and O–H groups in total. The molecule has 0 unspecified atom stereocenters. The zero-order valence-corrected chi connectivity index (χ0v) is 8.03.